The Morgan fingerprint density at radius 2 is 2.32 bits per heavy atom. The topological polar surface area (TPSA) is 24.5 Å². The minimum absolute atomic E-state index is 0.796. The van der Waals surface area contributed by atoms with Gasteiger partial charge >= 0.3 is 0 Å². The van der Waals surface area contributed by atoms with Gasteiger partial charge in [0, 0.05) is 25.6 Å². The highest BCUT2D eigenvalue weighted by Crippen LogP contribution is 2.28. The Labute approximate surface area is 114 Å². The molecule has 0 amide bonds. The molecule has 2 atom stereocenters. The Kier molecular flexibility index (Phi) is 2.97. The van der Waals surface area contributed by atoms with Crippen LogP contribution in [0.2, 0.25) is 0 Å². The number of piperidine rings is 1. The van der Waals surface area contributed by atoms with Gasteiger partial charge in [0.25, 0.3) is 0 Å². The summed E-state index contributed by atoms with van der Waals surface area (Å²) in [5, 5.41) is 3.63. The number of hydrogen-bond acceptors (Lipinski definition) is 3. The van der Waals surface area contributed by atoms with Crippen LogP contribution < -0.4 is 10.1 Å². The van der Waals surface area contributed by atoms with Gasteiger partial charge < -0.3 is 10.1 Å². The molecule has 4 rings (SSSR count). The zero-order chi connectivity index (χ0) is 12.7. The highest BCUT2D eigenvalue weighted by atomic mass is 16.5. The molecule has 3 aliphatic rings. The molecule has 0 bridgehead atoms. The zero-order valence-corrected chi connectivity index (χ0v) is 11.4. The van der Waals surface area contributed by atoms with Crippen LogP contribution in [0.1, 0.15) is 24.0 Å². The molecule has 3 nitrogen and oxygen atoms in total. The van der Waals surface area contributed by atoms with E-state index >= 15 is 0 Å². The first-order valence-electron chi connectivity index (χ1n) is 7.59. The second kappa shape index (κ2) is 4.80. The molecule has 0 saturated carbocycles. The molecule has 1 aromatic carbocycles. The molecule has 19 heavy (non-hydrogen) atoms. The number of fused-ring (bicyclic) bond motifs is 2. The van der Waals surface area contributed by atoms with Crippen molar-refractivity contribution in [2.24, 2.45) is 5.92 Å². The number of nitrogens with zero attached hydrogens (tertiary/aromatic N) is 1. The lowest BCUT2D eigenvalue weighted by atomic mass is 9.93. The Hall–Kier alpha value is -1.06. The largest absolute Gasteiger partial charge is 0.493 e. The highest BCUT2D eigenvalue weighted by molar-refractivity contribution is 5.39. The van der Waals surface area contributed by atoms with E-state index < -0.39 is 0 Å². The summed E-state index contributed by atoms with van der Waals surface area (Å²) in [6.45, 7) is 5.70. The quantitative estimate of drug-likeness (QED) is 0.875. The molecule has 2 unspecified atom stereocenters. The van der Waals surface area contributed by atoms with E-state index in [0.29, 0.717) is 0 Å². The predicted molar refractivity (Wildman–Crippen MR) is 75.4 cm³/mol. The number of nitrogens with one attached hydrogen (secondary N) is 1. The van der Waals surface area contributed by atoms with Crippen molar-refractivity contribution in [2.75, 3.05) is 26.2 Å². The van der Waals surface area contributed by atoms with Gasteiger partial charge in [0.15, 0.2) is 0 Å². The number of benzene rings is 1. The van der Waals surface area contributed by atoms with Crippen molar-refractivity contribution in [1.82, 2.24) is 10.2 Å². The molecule has 1 aromatic rings. The molecule has 0 aliphatic carbocycles. The molecule has 1 N–H and O–H groups in total. The maximum atomic E-state index is 5.58. The van der Waals surface area contributed by atoms with E-state index in [9.17, 15) is 0 Å². The molecule has 2 saturated heterocycles. The lowest BCUT2D eigenvalue weighted by Gasteiger charge is -2.34. The average Bonchev–Trinajstić information content (AvgIpc) is 3.05. The summed E-state index contributed by atoms with van der Waals surface area (Å²) in [6, 6.07) is 7.54. The molecule has 3 heteroatoms. The Bertz CT molecular complexity index is 474. The highest BCUT2D eigenvalue weighted by Gasteiger charge is 2.32. The number of ether oxygens (including phenoxy) is 1. The fourth-order valence-electron chi connectivity index (χ4n) is 3.86. The third kappa shape index (κ3) is 2.26. The van der Waals surface area contributed by atoms with E-state index in [0.717, 1.165) is 37.3 Å². The number of likely N-dealkylation sites (tertiary alicyclic amines) is 1. The number of hydrogen-bond donors (Lipinski definition) is 1. The number of rotatable bonds is 2. The lowest BCUT2D eigenvalue weighted by molar-refractivity contribution is 0.156. The van der Waals surface area contributed by atoms with Gasteiger partial charge in [-0.2, -0.15) is 0 Å². The van der Waals surface area contributed by atoms with Crippen LogP contribution in [0.15, 0.2) is 18.2 Å². The molecule has 102 valence electrons. The van der Waals surface area contributed by atoms with Gasteiger partial charge in [0.2, 0.25) is 0 Å². The van der Waals surface area contributed by atoms with E-state index in [-0.39, 0.29) is 0 Å². The third-order valence-corrected chi connectivity index (χ3v) is 4.90. The average molecular weight is 258 g/mol. The van der Waals surface area contributed by atoms with Gasteiger partial charge in [0.05, 0.1) is 6.61 Å². The van der Waals surface area contributed by atoms with Gasteiger partial charge in [-0.15, -0.1) is 0 Å². The maximum absolute atomic E-state index is 5.58. The first kappa shape index (κ1) is 11.7. The molecule has 2 fully saturated rings. The van der Waals surface area contributed by atoms with Gasteiger partial charge in [-0.1, -0.05) is 12.1 Å². The molecule has 3 heterocycles. The Balaban J connectivity index is 1.44. The molecular formula is C16H22N2O. The van der Waals surface area contributed by atoms with Gasteiger partial charge in [0.1, 0.15) is 5.75 Å². The zero-order valence-electron chi connectivity index (χ0n) is 11.4. The van der Waals surface area contributed by atoms with Crippen molar-refractivity contribution in [3.05, 3.63) is 29.3 Å². The summed E-state index contributed by atoms with van der Waals surface area (Å²) in [7, 11) is 0. The van der Waals surface area contributed by atoms with Crippen LogP contribution in [0, 0.1) is 5.92 Å². The van der Waals surface area contributed by atoms with E-state index in [2.05, 4.69) is 28.4 Å². The van der Waals surface area contributed by atoms with Crippen LogP contribution in [0.5, 0.6) is 5.75 Å². The molecule has 0 spiro atoms. The first-order chi connectivity index (χ1) is 9.38. The smallest absolute Gasteiger partial charge is 0.122 e. The normalized spacial score (nSPS) is 29.9. The molecular weight excluding hydrogens is 236 g/mol. The lowest BCUT2D eigenvalue weighted by Crippen LogP contribution is -2.43. The summed E-state index contributed by atoms with van der Waals surface area (Å²) < 4.78 is 5.58. The fraction of sp³-hybridized carbons (Fsp3) is 0.625. The van der Waals surface area contributed by atoms with E-state index in [1.807, 2.05) is 0 Å². The van der Waals surface area contributed by atoms with Gasteiger partial charge in [-0.25, -0.2) is 0 Å². The summed E-state index contributed by atoms with van der Waals surface area (Å²) in [4.78, 5) is 2.63. The second-order valence-electron chi connectivity index (χ2n) is 6.17. The first-order valence-corrected chi connectivity index (χ1v) is 7.59. The molecule has 0 aromatic heterocycles. The summed E-state index contributed by atoms with van der Waals surface area (Å²) in [5.41, 5.74) is 2.85. The minimum atomic E-state index is 0.796. The van der Waals surface area contributed by atoms with Crippen LogP contribution in [0.3, 0.4) is 0 Å². The summed E-state index contributed by atoms with van der Waals surface area (Å²) in [5.74, 6) is 1.98. The van der Waals surface area contributed by atoms with Crippen LogP contribution >= 0.6 is 0 Å². The van der Waals surface area contributed by atoms with Crippen molar-refractivity contribution in [1.29, 1.82) is 0 Å². The van der Waals surface area contributed by atoms with Crippen LogP contribution in [-0.4, -0.2) is 37.2 Å². The van der Waals surface area contributed by atoms with Crippen molar-refractivity contribution >= 4 is 0 Å². The van der Waals surface area contributed by atoms with E-state index in [1.165, 1.54) is 43.6 Å². The van der Waals surface area contributed by atoms with E-state index in [1.54, 1.807) is 0 Å². The summed E-state index contributed by atoms with van der Waals surface area (Å²) in [6.07, 6.45) is 3.76. The van der Waals surface area contributed by atoms with Crippen molar-refractivity contribution in [3.8, 4) is 5.75 Å². The fourth-order valence-corrected chi connectivity index (χ4v) is 3.86. The van der Waals surface area contributed by atoms with E-state index in [4.69, 9.17) is 4.74 Å². The summed E-state index contributed by atoms with van der Waals surface area (Å²) >= 11 is 0. The predicted octanol–water partition coefficient (Wildman–Crippen LogP) is 1.81. The SMILES string of the molecule is c1cc2c(cc1CN1CCC3NCCC3C1)CCO2. The Morgan fingerprint density at radius 3 is 3.32 bits per heavy atom. The monoisotopic (exact) mass is 258 g/mol. The second-order valence-corrected chi connectivity index (χ2v) is 6.17. The van der Waals surface area contributed by atoms with Crippen molar-refractivity contribution in [3.63, 3.8) is 0 Å². The molecule has 0 radical (unpaired) electrons. The third-order valence-electron chi connectivity index (χ3n) is 4.90. The maximum Gasteiger partial charge on any atom is 0.122 e. The Morgan fingerprint density at radius 1 is 1.32 bits per heavy atom. The minimum Gasteiger partial charge on any atom is -0.493 e. The van der Waals surface area contributed by atoms with Crippen molar-refractivity contribution in [2.45, 2.75) is 31.8 Å². The standard InChI is InChI=1S/C16H22N2O/c1-2-16-13(5-8-19-16)9-12(1)10-18-7-4-15-14(11-18)3-6-17-15/h1-2,9,14-15,17H,3-8,10-11H2. The van der Waals surface area contributed by atoms with Gasteiger partial charge in [-0.05, 0) is 49.0 Å². The van der Waals surface area contributed by atoms with Crippen LogP contribution in [0.25, 0.3) is 0 Å². The molecule has 3 aliphatic heterocycles. The van der Waals surface area contributed by atoms with Crippen molar-refractivity contribution < 1.29 is 4.74 Å². The van der Waals surface area contributed by atoms with Gasteiger partial charge in [-0.3, -0.25) is 4.90 Å². The van der Waals surface area contributed by atoms with Crippen LogP contribution in [-0.2, 0) is 13.0 Å². The van der Waals surface area contributed by atoms with Crippen LogP contribution in [0.4, 0.5) is 0 Å².